The molecule has 5 nitrogen and oxygen atoms in total. The van der Waals surface area contributed by atoms with Gasteiger partial charge in [-0.1, -0.05) is 12.8 Å². The Labute approximate surface area is 121 Å². The van der Waals surface area contributed by atoms with E-state index in [0.29, 0.717) is 4.90 Å². The van der Waals surface area contributed by atoms with Crippen molar-refractivity contribution in [2.75, 3.05) is 26.2 Å². The predicted molar refractivity (Wildman–Crippen MR) is 69.3 cm³/mol. The van der Waals surface area contributed by atoms with Crippen molar-refractivity contribution in [1.82, 2.24) is 10.2 Å². The molecule has 0 aromatic carbocycles. The first kappa shape index (κ1) is 17.7. The van der Waals surface area contributed by atoms with Crippen LogP contribution in [0.4, 0.5) is 13.2 Å². The highest BCUT2D eigenvalue weighted by Crippen LogP contribution is 2.24. The van der Waals surface area contributed by atoms with Crippen LogP contribution in [0.2, 0.25) is 0 Å². The van der Waals surface area contributed by atoms with E-state index in [0.717, 1.165) is 25.7 Å². The molecule has 0 heterocycles. The summed E-state index contributed by atoms with van der Waals surface area (Å²) in [6.07, 6.45) is -1.04. The van der Waals surface area contributed by atoms with Gasteiger partial charge in [-0.25, -0.2) is 0 Å². The Balaban J connectivity index is 2.33. The number of hydrogen-bond donors (Lipinski definition) is 2. The molecule has 8 heteroatoms. The van der Waals surface area contributed by atoms with Gasteiger partial charge in [0.25, 0.3) is 0 Å². The number of nitrogens with zero attached hydrogens (tertiary/aromatic N) is 1. The number of aliphatic hydroxyl groups excluding tert-OH is 1. The van der Waals surface area contributed by atoms with Crippen LogP contribution in [0.25, 0.3) is 0 Å². The third-order valence-corrected chi connectivity index (χ3v) is 3.46. The molecule has 1 rings (SSSR count). The van der Waals surface area contributed by atoms with Crippen molar-refractivity contribution in [2.45, 2.75) is 38.3 Å². The van der Waals surface area contributed by atoms with Crippen LogP contribution >= 0.6 is 0 Å². The first-order valence-electron chi connectivity index (χ1n) is 7.06. The van der Waals surface area contributed by atoms with Gasteiger partial charge in [0, 0.05) is 25.4 Å². The van der Waals surface area contributed by atoms with Gasteiger partial charge in [0.1, 0.15) is 6.54 Å². The summed E-state index contributed by atoms with van der Waals surface area (Å²) in [5.74, 6) is -0.901. The second-order valence-corrected chi connectivity index (χ2v) is 5.18. The van der Waals surface area contributed by atoms with Crippen LogP contribution in [-0.4, -0.2) is 54.2 Å². The van der Waals surface area contributed by atoms with Crippen LogP contribution in [0.1, 0.15) is 32.1 Å². The molecule has 0 bridgehead atoms. The standard InChI is InChI=1S/C13H21F3N2O3/c14-13(15,16)9-18(7-8-19)11(20)5-6-17-12(21)10-3-1-2-4-10/h10,19H,1-9H2,(H,17,21). The third kappa shape index (κ3) is 6.79. The lowest BCUT2D eigenvalue weighted by Crippen LogP contribution is -2.42. The molecule has 0 aromatic heterocycles. The van der Waals surface area contributed by atoms with Crippen LogP contribution in [0, 0.1) is 5.92 Å². The van der Waals surface area contributed by atoms with Gasteiger partial charge in [-0.3, -0.25) is 9.59 Å². The van der Waals surface area contributed by atoms with Gasteiger partial charge in [0.05, 0.1) is 6.61 Å². The molecule has 21 heavy (non-hydrogen) atoms. The van der Waals surface area contributed by atoms with E-state index in [1.165, 1.54) is 0 Å². The zero-order chi connectivity index (χ0) is 15.9. The number of aliphatic hydroxyl groups is 1. The van der Waals surface area contributed by atoms with Crippen LogP contribution in [-0.2, 0) is 9.59 Å². The van der Waals surface area contributed by atoms with Crippen molar-refractivity contribution in [3.63, 3.8) is 0 Å². The average Bonchev–Trinajstić information content (AvgIpc) is 2.90. The van der Waals surface area contributed by atoms with Crippen molar-refractivity contribution in [2.24, 2.45) is 5.92 Å². The fourth-order valence-corrected chi connectivity index (χ4v) is 2.41. The highest BCUT2D eigenvalue weighted by atomic mass is 19.4. The van der Waals surface area contributed by atoms with Crippen molar-refractivity contribution in [3.05, 3.63) is 0 Å². The number of nitrogens with one attached hydrogen (secondary N) is 1. The highest BCUT2D eigenvalue weighted by Gasteiger charge is 2.32. The van der Waals surface area contributed by atoms with Gasteiger partial charge in [-0.2, -0.15) is 13.2 Å². The number of alkyl halides is 3. The van der Waals surface area contributed by atoms with Gasteiger partial charge in [0.2, 0.25) is 11.8 Å². The summed E-state index contributed by atoms with van der Waals surface area (Å²) in [5.41, 5.74) is 0. The quantitative estimate of drug-likeness (QED) is 0.739. The molecular formula is C13H21F3N2O3. The predicted octanol–water partition coefficient (Wildman–Crippen LogP) is 1.07. The molecule has 1 aliphatic carbocycles. The third-order valence-electron chi connectivity index (χ3n) is 3.46. The fourth-order valence-electron chi connectivity index (χ4n) is 2.41. The minimum atomic E-state index is -4.50. The van der Waals surface area contributed by atoms with Crippen molar-refractivity contribution in [3.8, 4) is 0 Å². The van der Waals surface area contributed by atoms with E-state index < -0.39 is 25.2 Å². The Kier molecular flexibility index (Phi) is 6.94. The summed E-state index contributed by atoms with van der Waals surface area (Å²) in [5, 5.41) is 11.3. The maximum absolute atomic E-state index is 12.3. The number of carbonyl (C=O) groups is 2. The van der Waals surface area contributed by atoms with E-state index in [9.17, 15) is 22.8 Å². The molecule has 0 saturated heterocycles. The molecule has 2 amide bonds. The maximum Gasteiger partial charge on any atom is 0.406 e. The second-order valence-electron chi connectivity index (χ2n) is 5.18. The second kappa shape index (κ2) is 8.21. The molecule has 0 atom stereocenters. The smallest absolute Gasteiger partial charge is 0.395 e. The van der Waals surface area contributed by atoms with Crippen LogP contribution in [0.5, 0.6) is 0 Å². The van der Waals surface area contributed by atoms with Gasteiger partial charge < -0.3 is 15.3 Å². The van der Waals surface area contributed by atoms with E-state index in [1.54, 1.807) is 0 Å². The highest BCUT2D eigenvalue weighted by molar-refractivity contribution is 5.80. The zero-order valence-corrected chi connectivity index (χ0v) is 11.8. The number of amides is 2. The van der Waals surface area contributed by atoms with Crippen molar-refractivity contribution >= 4 is 11.8 Å². The van der Waals surface area contributed by atoms with E-state index >= 15 is 0 Å². The van der Waals surface area contributed by atoms with Gasteiger partial charge >= 0.3 is 6.18 Å². The topological polar surface area (TPSA) is 69.6 Å². The van der Waals surface area contributed by atoms with E-state index in [-0.39, 0.29) is 31.3 Å². The lowest BCUT2D eigenvalue weighted by Gasteiger charge is -2.23. The molecular weight excluding hydrogens is 289 g/mol. The molecule has 1 aliphatic rings. The summed E-state index contributed by atoms with van der Waals surface area (Å²) in [4.78, 5) is 23.9. The zero-order valence-electron chi connectivity index (χ0n) is 11.8. The van der Waals surface area contributed by atoms with E-state index in [2.05, 4.69) is 5.32 Å². The van der Waals surface area contributed by atoms with Crippen LogP contribution < -0.4 is 5.32 Å². The van der Waals surface area contributed by atoms with Crippen molar-refractivity contribution in [1.29, 1.82) is 0 Å². The SMILES string of the molecule is O=C(NCCC(=O)N(CCO)CC(F)(F)F)C1CCCC1. The van der Waals surface area contributed by atoms with Gasteiger partial charge in [0.15, 0.2) is 0 Å². The molecule has 0 radical (unpaired) electrons. The molecule has 122 valence electrons. The number of hydrogen-bond acceptors (Lipinski definition) is 3. The Morgan fingerprint density at radius 3 is 2.38 bits per heavy atom. The number of halogens is 3. The average molecular weight is 310 g/mol. The summed E-state index contributed by atoms with van der Waals surface area (Å²) in [6, 6.07) is 0. The maximum atomic E-state index is 12.3. The lowest BCUT2D eigenvalue weighted by atomic mass is 10.1. The first-order chi connectivity index (χ1) is 9.83. The van der Waals surface area contributed by atoms with E-state index in [4.69, 9.17) is 5.11 Å². The summed E-state index contributed by atoms with van der Waals surface area (Å²) in [7, 11) is 0. The number of rotatable bonds is 7. The minimum Gasteiger partial charge on any atom is -0.395 e. The number of carbonyl (C=O) groups excluding carboxylic acids is 2. The summed E-state index contributed by atoms with van der Waals surface area (Å²) in [6.45, 7) is -2.26. The Hall–Kier alpha value is -1.31. The van der Waals surface area contributed by atoms with Crippen molar-refractivity contribution < 1.29 is 27.9 Å². The Bertz CT molecular complexity index is 355. The largest absolute Gasteiger partial charge is 0.406 e. The normalized spacial score (nSPS) is 16.0. The van der Waals surface area contributed by atoms with Gasteiger partial charge in [-0.05, 0) is 12.8 Å². The fraction of sp³-hybridized carbons (Fsp3) is 0.846. The molecule has 1 fully saturated rings. The summed E-state index contributed by atoms with van der Waals surface area (Å²) < 4.78 is 36.9. The first-order valence-corrected chi connectivity index (χ1v) is 7.06. The minimum absolute atomic E-state index is 0.0218. The molecule has 2 N–H and O–H groups in total. The monoisotopic (exact) mass is 310 g/mol. The molecule has 0 unspecified atom stereocenters. The Morgan fingerprint density at radius 1 is 1.24 bits per heavy atom. The van der Waals surface area contributed by atoms with E-state index in [1.807, 2.05) is 0 Å². The Morgan fingerprint density at radius 2 is 1.86 bits per heavy atom. The molecule has 0 aromatic rings. The summed E-state index contributed by atoms with van der Waals surface area (Å²) >= 11 is 0. The van der Waals surface area contributed by atoms with Gasteiger partial charge in [-0.15, -0.1) is 0 Å². The van der Waals surface area contributed by atoms with Crippen LogP contribution in [0.15, 0.2) is 0 Å². The molecule has 0 aliphatic heterocycles. The van der Waals surface area contributed by atoms with Crippen LogP contribution in [0.3, 0.4) is 0 Å². The lowest BCUT2D eigenvalue weighted by molar-refractivity contribution is -0.162. The molecule has 1 saturated carbocycles. The molecule has 0 spiro atoms.